The summed E-state index contributed by atoms with van der Waals surface area (Å²) in [6.07, 6.45) is 0.546. The highest BCUT2D eigenvalue weighted by Crippen LogP contribution is 2.40. The predicted molar refractivity (Wildman–Crippen MR) is 218 cm³/mol. The predicted octanol–water partition coefficient (Wildman–Crippen LogP) is 6.39. The van der Waals surface area contributed by atoms with Crippen LogP contribution in [0.15, 0.2) is 42.1 Å². The van der Waals surface area contributed by atoms with Gasteiger partial charge >= 0.3 is 6.09 Å². The van der Waals surface area contributed by atoms with Crippen molar-refractivity contribution in [3.05, 3.63) is 47.7 Å². The van der Waals surface area contributed by atoms with Crippen molar-refractivity contribution in [2.24, 2.45) is 30.7 Å². The number of carbonyl (C=O) groups is 2. The van der Waals surface area contributed by atoms with Crippen molar-refractivity contribution >= 4 is 22.8 Å². The smallest absolute Gasteiger partial charge is 0.407 e. The minimum Gasteiger partial charge on any atom is -0.441 e. The number of benzene rings is 1. The second kappa shape index (κ2) is 18.8. The Kier molecular flexibility index (Phi) is 15.4. The van der Waals surface area contributed by atoms with Crippen molar-refractivity contribution in [3.8, 4) is 0 Å². The third kappa shape index (κ3) is 10.2. The van der Waals surface area contributed by atoms with Crippen molar-refractivity contribution in [1.82, 2.24) is 14.8 Å². The molecule has 2 unspecified atom stereocenters. The molecule has 2 fully saturated rings. The number of cyclic esters (lactones) is 1. The number of methoxy groups -OCH3 is 1. The molecule has 4 rings (SSSR count). The Labute approximate surface area is 335 Å². The molecule has 0 spiro atoms. The quantitative estimate of drug-likeness (QED) is 0.271. The second-order valence-electron chi connectivity index (χ2n) is 17.6. The van der Waals surface area contributed by atoms with Gasteiger partial charge in [0.25, 0.3) is 0 Å². The summed E-state index contributed by atoms with van der Waals surface area (Å²) in [6.45, 7) is 18.9. The van der Waals surface area contributed by atoms with E-state index in [0.717, 1.165) is 11.1 Å². The van der Waals surface area contributed by atoms with Crippen molar-refractivity contribution in [2.45, 2.75) is 155 Å². The van der Waals surface area contributed by atoms with Crippen molar-refractivity contribution in [2.75, 3.05) is 21.2 Å². The van der Waals surface area contributed by atoms with Crippen LogP contribution in [0.5, 0.6) is 0 Å². The lowest BCUT2D eigenvalue weighted by Gasteiger charge is -2.47. The van der Waals surface area contributed by atoms with Crippen molar-refractivity contribution in [1.29, 1.82) is 0 Å². The summed E-state index contributed by atoms with van der Waals surface area (Å²) in [5, 5.41) is 27.3. The van der Waals surface area contributed by atoms with Gasteiger partial charge in [-0.25, -0.2) is 4.79 Å². The lowest BCUT2D eigenvalue weighted by molar-refractivity contribution is -0.295. The number of allylic oxidation sites excluding steroid dienone is 1. The molecule has 0 bridgehead atoms. The number of amides is 1. The second-order valence-corrected chi connectivity index (χ2v) is 17.6. The molecule has 3 N–H and O–H groups in total. The lowest BCUT2D eigenvalue weighted by Crippen LogP contribution is -2.59. The molecule has 0 radical (unpaired) electrons. The number of aliphatic hydroxyl groups is 2. The number of hydrogen-bond acceptors (Lipinski definition) is 10. The molecule has 12 heteroatoms. The topological polar surface area (TPSA) is 141 Å². The van der Waals surface area contributed by atoms with E-state index in [1.807, 2.05) is 65.9 Å². The van der Waals surface area contributed by atoms with Gasteiger partial charge < -0.3 is 48.7 Å². The van der Waals surface area contributed by atoms with Gasteiger partial charge in [0.05, 0.1) is 29.8 Å². The van der Waals surface area contributed by atoms with Crippen LogP contribution in [-0.4, -0.2) is 113 Å². The molecule has 2 saturated heterocycles. The van der Waals surface area contributed by atoms with Crippen LogP contribution < -0.4 is 5.32 Å². The summed E-state index contributed by atoms with van der Waals surface area (Å²) in [7, 11) is 7.50. The van der Waals surface area contributed by atoms with Gasteiger partial charge in [-0.05, 0) is 97.9 Å². The van der Waals surface area contributed by atoms with E-state index in [-0.39, 0.29) is 35.8 Å². The van der Waals surface area contributed by atoms with E-state index >= 15 is 0 Å². The summed E-state index contributed by atoms with van der Waals surface area (Å²) in [6, 6.07) is 7.77. The number of aliphatic hydroxyl groups excluding tert-OH is 2. The fraction of sp³-hybridized carbons (Fsp3) is 0.727. The molecule has 0 saturated carbocycles. The molecule has 316 valence electrons. The first-order valence-electron chi connectivity index (χ1n) is 20.5. The van der Waals surface area contributed by atoms with Crippen molar-refractivity contribution in [3.63, 3.8) is 0 Å². The molecule has 2 aromatic rings. The van der Waals surface area contributed by atoms with Crippen LogP contribution >= 0.6 is 0 Å². The van der Waals surface area contributed by atoms with Crippen LogP contribution in [0.2, 0.25) is 0 Å². The number of aryl methyl sites for hydroxylation is 1. The molecule has 0 aliphatic carbocycles. The van der Waals surface area contributed by atoms with Crippen LogP contribution in [0, 0.1) is 23.7 Å². The molecular formula is C44H71N3O9. The molecule has 12 nitrogen and oxygen atoms in total. The van der Waals surface area contributed by atoms with Crippen LogP contribution in [0.25, 0.3) is 10.9 Å². The first-order valence-corrected chi connectivity index (χ1v) is 20.5. The minimum absolute atomic E-state index is 0.132. The zero-order valence-electron chi connectivity index (χ0n) is 36.4. The van der Waals surface area contributed by atoms with Gasteiger partial charge in [0.2, 0.25) is 0 Å². The number of ether oxygens (including phenoxy) is 5. The number of para-hydroxylation sites is 1. The Morgan fingerprint density at radius 2 is 1.66 bits per heavy atom. The molecule has 2 aliphatic rings. The number of rotatable bonds is 7. The van der Waals surface area contributed by atoms with Gasteiger partial charge in [0.15, 0.2) is 12.6 Å². The maximum absolute atomic E-state index is 14.5. The third-order valence-electron chi connectivity index (χ3n) is 12.6. The SMILES string of the molecule is CC[C@H]1OC(O)[C@H](C)C(=O)[C@H](C)[C@@H](O[C@@H]2O[C@H](C)C[C@H](N(C)C)[C@H]2O)[C@](C)(OC)C[C@@H](C)/C(=C\Cc2cn(C)c3ccccc23)[C@H](C)C(C)NC(=O)OC1(C)C. The number of fused-ring (bicyclic) bond motifs is 1. The zero-order chi connectivity index (χ0) is 41.9. The van der Waals surface area contributed by atoms with Gasteiger partial charge in [0.1, 0.15) is 17.5 Å². The Balaban J connectivity index is 1.85. The average Bonchev–Trinajstić information content (AvgIpc) is 3.46. The largest absolute Gasteiger partial charge is 0.441 e. The molecule has 3 heterocycles. The normalized spacial score (nSPS) is 37.7. The number of carbonyl (C=O) groups excluding carboxylic acids is 2. The third-order valence-corrected chi connectivity index (χ3v) is 12.6. The standard InChI is InChI=1S/C44H71N3O9/c1-15-36-43(8,9)56-42(51)45-30(7)27(4)32(21-20-31-24-47(13)34-19-17-16-18-33(31)34)25(2)23-44(10,52-14)39(28(5)37(48)29(6)40(50)54-36)55-41-38(49)35(46(11)12)22-26(3)53-41/h16-19,21,24-30,35-36,38-41,49-50H,15,20,22-23H2,1-14H3,(H,45,51)/b32-21+/t25-,26-,27-,28+,29-,30?,35+,36-,38-,39-,40?,41+,44-/m1/s1. The first-order chi connectivity index (χ1) is 26.1. The Morgan fingerprint density at radius 3 is 2.29 bits per heavy atom. The summed E-state index contributed by atoms with van der Waals surface area (Å²) < 4.78 is 33.7. The number of hydrogen-bond donors (Lipinski definition) is 3. The fourth-order valence-corrected chi connectivity index (χ4v) is 8.96. The van der Waals surface area contributed by atoms with E-state index in [4.69, 9.17) is 23.7 Å². The van der Waals surface area contributed by atoms with E-state index in [0.29, 0.717) is 25.7 Å². The molecule has 1 aromatic heterocycles. The van der Waals surface area contributed by atoms with Gasteiger partial charge in [-0.15, -0.1) is 0 Å². The Morgan fingerprint density at radius 1 is 1.00 bits per heavy atom. The highest BCUT2D eigenvalue weighted by molar-refractivity contribution is 5.84. The Bertz CT molecular complexity index is 1660. The summed E-state index contributed by atoms with van der Waals surface area (Å²) in [5.74, 6) is -2.38. The van der Waals surface area contributed by atoms with E-state index in [1.54, 1.807) is 34.8 Å². The van der Waals surface area contributed by atoms with Crippen LogP contribution in [0.4, 0.5) is 4.79 Å². The van der Waals surface area contributed by atoms with Crippen LogP contribution in [0.3, 0.4) is 0 Å². The van der Waals surface area contributed by atoms with E-state index < -0.39 is 60.0 Å². The van der Waals surface area contributed by atoms with Crippen molar-refractivity contribution < 1.29 is 43.5 Å². The van der Waals surface area contributed by atoms with Crippen LogP contribution in [-0.2, 0) is 41.9 Å². The summed E-state index contributed by atoms with van der Waals surface area (Å²) >= 11 is 0. The monoisotopic (exact) mass is 786 g/mol. The first kappa shape index (κ1) is 45.9. The lowest BCUT2D eigenvalue weighted by atomic mass is 9.74. The zero-order valence-corrected chi connectivity index (χ0v) is 36.4. The fourth-order valence-electron chi connectivity index (χ4n) is 8.96. The molecule has 1 aromatic carbocycles. The maximum atomic E-state index is 14.5. The molecular weight excluding hydrogens is 714 g/mol. The molecule has 2 aliphatic heterocycles. The van der Waals surface area contributed by atoms with E-state index in [1.165, 1.54) is 10.9 Å². The summed E-state index contributed by atoms with van der Waals surface area (Å²) in [5.41, 5.74) is 1.20. The molecule has 56 heavy (non-hydrogen) atoms. The van der Waals surface area contributed by atoms with E-state index in [2.05, 4.69) is 48.1 Å². The van der Waals surface area contributed by atoms with Gasteiger partial charge in [-0.1, -0.05) is 64.5 Å². The number of aromatic nitrogens is 1. The highest BCUT2D eigenvalue weighted by atomic mass is 16.7. The van der Waals surface area contributed by atoms with E-state index in [9.17, 15) is 19.8 Å². The maximum Gasteiger partial charge on any atom is 0.407 e. The number of nitrogens with zero attached hydrogens (tertiary/aromatic N) is 2. The molecule has 1 amide bonds. The Hall–Kier alpha value is -2.84. The number of Topliss-reactive ketones (excluding diaryl/α,β-unsaturated/α-hetero) is 1. The number of alkyl carbamates (subject to hydrolysis) is 1. The number of likely N-dealkylation sites (N-methyl/N-ethyl adjacent to an activating group) is 1. The average molecular weight is 786 g/mol. The number of ketones is 1. The summed E-state index contributed by atoms with van der Waals surface area (Å²) in [4.78, 5) is 30.0. The van der Waals surface area contributed by atoms with Gasteiger partial charge in [-0.3, -0.25) is 4.79 Å². The molecule has 13 atom stereocenters. The minimum atomic E-state index is -1.50. The van der Waals surface area contributed by atoms with Crippen LogP contribution in [0.1, 0.15) is 94.1 Å². The number of nitrogens with one attached hydrogen (secondary N) is 1. The van der Waals surface area contributed by atoms with Gasteiger partial charge in [-0.2, -0.15) is 0 Å². The highest BCUT2D eigenvalue weighted by Gasteiger charge is 2.49. The van der Waals surface area contributed by atoms with Gasteiger partial charge in [0, 0.05) is 49.3 Å².